The molecule has 1 saturated heterocycles. The first-order valence-corrected chi connectivity index (χ1v) is 7.32. The van der Waals surface area contributed by atoms with Crippen molar-refractivity contribution in [2.75, 3.05) is 19.9 Å². The van der Waals surface area contributed by atoms with Gasteiger partial charge in [-0.1, -0.05) is 0 Å². The van der Waals surface area contributed by atoms with E-state index < -0.39 is 66.9 Å². The largest absolute Gasteiger partial charge is 0.461 e. The van der Waals surface area contributed by atoms with E-state index in [-0.39, 0.29) is 6.61 Å². The van der Waals surface area contributed by atoms with Gasteiger partial charge in [0.2, 0.25) is 0 Å². The van der Waals surface area contributed by atoms with Gasteiger partial charge in [-0.05, 0) is 6.92 Å². The van der Waals surface area contributed by atoms with Crippen LogP contribution in [0.4, 0.5) is 0 Å². The summed E-state index contributed by atoms with van der Waals surface area (Å²) in [5.41, 5.74) is 3.66. The maximum absolute atomic E-state index is 12.3. The fourth-order valence-corrected chi connectivity index (χ4v) is 2.04. The predicted octanol–water partition coefficient (Wildman–Crippen LogP) is -4.17. The molecule has 1 rings (SSSR count). The zero-order chi connectivity index (χ0) is 19.1. The van der Waals surface area contributed by atoms with Gasteiger partial charge in [-0.2, -0.15) is 0 Å². The summed E-state index contributed by atoms with van der Waals surface area (Å²) in [7, 11) is 0. The zero-order valence-electron chi connectivity index (χ0n) is 13.4. The van der Waals surface area contributed by atoms with Crippen molar-refractivity contribution in [1.82, 2.24) is 10.6 Å². The van der Waals surface area contributed by atoms with Crippen molar-refractivity contribution in [2.24, 2.45) is 5.73 Å². The standard InChI is InChI=1S/C13H22N4O8/c1-2-24-13(23)7(15)6(14)8(16-4-19)11(22)17-12-10(21)9(20)5(3-18)25-12/h5,9-10,12,15-16,18-21H,2-4,14H2,1H3,(H,17,22)/b8-6+,15-7?. The molecule has 1 aliphatic rings. The highest BCUT2D eigenvalue weighted by Crippen LogP contribution is 2.19. The minimum atomic E-state index is -1.53. The quantitative estimate of drug-likeness (QED) is 0.0904. The number of ether oxygens (including phenoxy) is 2. The van der Waals surface area contributed by atoms with Gasteiger partial charge in [-0.3, -0.25) is 10.2 Å². The summed E-state index contributed by atoms with van der Waals surface area (Å²) in [4.78, 5) is 23.8. The van der Waals surface area contributed by atoms with Gasteiger partial charge < -0.3 is 46.3 Å². The van der Waals surface area contributed by atoms with Crippen LogP contribution < -0.4 is 16.4 Å². The molecule has 0 radical (unpaired) electrons. The Hall–Kier alpha value is -2.25. The summed E-state index contributed by atoms with van der Waals surface area (Å²) in [5.74, 6) is -2.09. The summed E-state index contributed by atoms with van der Waals surface area (Å²) in [6.45, 7) is 0.186. The number of rotatable bonds is 8. The van der Waals surface area contributed by atoms with E-state index in [1.54, 1.807) is 0 Å². The van der Waals surface area contributed by atoms with E-state index in [4.69, 9.17) is 26.1 Å². The highest BCUT2D eigenvalue weighted by atomic mass is 16.6. The average molecular weight is 362 g/mol. The van der Waals surface area contributed by atoms with Gasteiger partial charge in [0.25, 0.3) is 5.91 Å². The van der Waals surface area contributed by atoms with Gasteiger partial charge in [0, 0.05) is 0 Å². The number of nitrogens with one attached hydrogen (secondary N) is 3. The molecule has 0 bridgehead atoms. The number of hydrogen-bond acceptors (Lipinski definition) is 11. The van der Waals surface area contributed by atoms with Crippen molar-refractivity contribution in [2.45, 2.75) is 31.5 Å². The van der Waals surface area contributed by atoms with E-state index in [1.807, 2.05) is 0 Å². The van der Waals surface area contributed by atoms with Crippen LogP contribution in [0.3, 0.4) is 0 Å². The van der Waals surface area contributed by atoms with Gasteiger partial charge in [-0.15, -0.1) is 0 Å². The molecule has 1 heterocycles. The van der Waals surface area contributed by atoms with Gasteiger partial charge in [0.15, 0.2) is 11.9 Å². The van der Waals surface area contributed by atoms with Crippen LogP contribution in [0.1, 0.15) is 6.92 Å². The third-order valence-electron chi connectivity index (χ3n) is 3.32. The van der Waals surface area contributed by atoms with Crippen LogP contribution in [0.25, 0.3) is 0 Å². The Morgan fingerprint density at radius 3 is 2.40 bits per heavy atom. The molecule has 4 unspecified atom stereocenters. The van der Waals surface area contributed by atoms with Crippen molar-refractivity contribution >= 4 is 17.6 Å². The van der Waals surface area contributed by atoms with E-state index in [1.165, 1.54) is 6.92 Å². The average Bonchev–Trinajstić information content (AvgIpc) is 2.86. The van der Waals surface area contributed by atoms with Gasteiger partial charge in [-0.25, -0.2) is 4.79 Å². The second kappa shape index (κ2) is 9.29. The first kappa shape index (κ1) is 20.8. The molecule has 0 aliphatic carbocycles. The second-order valence-electron chi connectivity index (χ2n) is 4.95. The first-order valence-electron chi connectivity index (χ1n) is 7.32. The molecule has 12 heteroatoms. The number of nitrogens with two attached hydrogens (primary N) is 1. The first-order chi connectivity index (χ1) is 11.8. The lowest BCUT2D eigenvalue weighted by atomic mass is 10.1. The monoisotopic (exact) mass is 362 g/mol. The highest BCUT2D eigenvalue weighted by Gasteiger charge is 2.43. The molecule has 0 aromatic rings. The molecule has 4 atom stereocenters. The summed E-state index contributed by atoms with van der Waals surface area (Å²) < 4.78 is 9.68. The lowest BCUT2D eigenvalue weighted by molar-refractivity contribution is -0.135. The van der Waals surface area contributed by atoms with Crippen molar-refractivity contribution in [3.8, 4) is 0 Å². The van der Waals surface area contributed by atoms with Crippen LogP contribution in [-0.4, -0.2) is 82.5 Å². The molecule has 1 amide bonds. The van der Waals surface area contributed by atoms with Crippen LogP contribution in [0, 0.1) is 5.41 Å². The van der Waals surface area contributed by atoms with Gasteiger partial charge >= 0.3 is 5.97 Å². The van der Waals surface area contributed by atoms with Crippen molar-refractivity contribution in [3.05, 3.63) is 11.4 Å². The van der Waals surface area contributed by atoms with E-state index in [0.29, 0.717) is 0 Å². The van der Waals surface area contributed by atoms with Crippen molar-refractivity contribution in [1.29, 1.82) is 5.41 Å². The van der Waals surface area contributed by atoms with E-state index >= 15 is 0 Å². The van der Waals surface area contributed by atoms with Crippen LogP contribution in [0.2, 0.25) is 0 Å². The SMILES string of the molecule is CCOC(=O)C(=N)/C(N)=C(\NCO)C(=O)NC1OC(CO)C(O)C1O. The number of carbonyl (C=O) groups excluding carboxylic acids is 2. The van der Waals surface area contributed by atoms with Crippen molar-refractivity contribution < 1.29 is 39.5 Å². The summed E-state index contributed by atoms with van der Waals surface area (Å²) in [5, 5.41) is 49.4. The Labute approximate surface area is 142 Å². The molecule has 1 aliphatic heterocycles. The molecule has 25 heavy (non-hydrogen) atoms. The minimum absolute atomic E-state index is 0.00794. The van der Waals surface area contributed by atoms with Gasteiger partial charge in [0.1, 0.15) is 30.7 Å². The van der Waals surface area contributed by atoms with Crippen LogP contribution in [0.5, 0.6) is 0 Å². The normalized spacial score (nSPS) is 26.6. The third-order valence-corrected chi connectivity index (χ3v) is 3.32. The zero-order valence-corrected chi connectivity index (χ0v) is 13.4. The van der Waals surface area contributed by atoms with E-state index in [9.17, 15) is 19.8 Å². The van der Waals surface area contributed by atoms with E-state index in [2.05, 4.69) is 15.4 Å². The Bertz CT molecular complexity index is 552. The van der Waals surface area contributed by atoms with Crippen LogP contribution >= 0.6 is 0 Å². The smallest absolute Gasteiger partial charge is 0.358 e. The maximum Gasteiger partial charge on any atom is 0.358 e. The fraction of sp³-hybridized carbons (Fsp3) is 0.615. The van der Waals surface area contributed by atoms with Crippen molar-refractivity contribution in [3.63, 3.8) is 0 Å². The summed E-state index contributed by atoms with van der Waals surface area (Å²) in [6.07, 6.45) is -5.43. The second-order valence-corrected chi connectivity index (χ2v) is 4.95. The fourth-order valence-electron chi connectivity index (χ4n) is 2.04. The summed E-state index contributed by atoms with van der Waals surface area (Å²) >= 11 is 0. The van der Waals surface area contributed by atoms with Crippen LogP contribution in [0.15, 0.2) is 11.4 Å². The highest BCUT2D eigenvalue weighted by molar-refractivity contribution is 6.42. The topological polar surface area (TPSA) is 207 Å². The molecular weight excluding hydrogens is 340 g/mol. The molecule has 0 saturated carbocycles. The lowest BCUT2D eigenvalue weighted by Gasteiger charge is -2.19. The Morgan fingerprint density at radius 2 is 1.92 bits per heavy atom. The number of carbonyl (C=O) groups is 2. The Kier molecular flexibility index (Phi) is 7.73. The lowest BCUT2D eigenvalue weighted by Crippen LogP contribution is -2.47. The molecule has 0 spiro atoms. The number of amides is 1. The number of hydrogen-bond donors (Lipinski definition) is 8. The Balaban J connectivity index is 2.95. The molecule has 0 aromatic carbocycles. The van der Waals surface area contributed by atoms with E-state index in [0.717, 1.165) is 0 Å². The molecule has 142 valence electrons. The molecule has 9 N–H and O–H groups in total. The number of esters is 1. The third kappa shape index (κ3) is 4.87. The summed E-state index contributed by atoms with van der Waals surface area (Å²) in [6, 6.07) is 0. The van der Waals surface area contributed by atoms with Crippen LogP contribution in [-0.2, 0) is 19.1 Å². The Morgan fingerprint density at radius 1 is 1.28 bits per heavy atom. The van der Waals surface area contributed by atoms with Gasteiger partial charge in [0.05, 0.1) is 18.9 Å². The predicted molar refractivity (Wildman–Crippen MR) is 81.7 cm³/mol. The maximum atomic E-state index is 12.3. The minimum Gasteiger partial charge on any atom is -0.461 e. The number of aliphatic hydroxyl groups excluding tert-OH is 4. The molecule has 12 nitrogen and oxygen atoms in total. The number of aliphatic hydroxyl groups is 4. The molecule has 1 fully saturated rings. The molecule has 0 aromatic heterocycles. The molecular formula is C13H22N4O8.